The quantitative estimate of drug-likeness (QED) is 0.856. The number of hydrogen-bond donors (Lipinski definition) is 1. The van der Waals surface area contributed by atoms with Gasteiger partial charge in [-0.15, -0.1) is 0 Å². The highest BCUT2D eigenvalue weighted by Gasteiger charge is 2.29. The van der Waals surface area contributed by atoms with Gasteiger partial charge in [0.15, 0.2) is 0 Å². The predicted molar refractivity (Wildman–Crippen MR) is 86.1 cm³/mol. The van der Waals surface area contributed by atoms with Gasteiger partial charge in [0.2, 0.25) is 11.8 Å². The second-order valence-electron chi connectivity index (χ2n) is 5.89. The van der Waals surface area contributed by atoms with Crippen LogP contribution >= 0.6 is 0 Å². The number of piperazine rings is 1. The van der Waals surface area contributed by atoms with Crippen molar-refractivity contribution < 1.29 is 14.3 Å². The number of carbonyl (C=O) groups excluding carboxylic acids is 1. The monoisotopic (exact) mass is 320 g/mol. The Morgan fingerprint density at radius 3 is 2.61 bits per heavy atom. The summed E-state index contributed by atoms with van der Waals surface area (Å²) in [6.45, 7) is 5.48. The van der Waals surface area contributed by atoms with Gasteiger partial charge < -0.3 is 19.7 Å². The molecule has 3 rings (SSSR count). The molecule has 0 bridgehead atoms. The summed E-state index contributed by atoms with van der Waals surface area (Å²) in [6, 6.07) is 4.03. The van der Waals surface area contributed by atoms with Crippen molar-refractivity contribution in [2.24, 2.45) is 0 Å². The molecule has 2 fully saturated rings. The van der Waals surface area contributed by atoms with Crippen LogP contribution in [-0.4, -0.2) is 80.2 Å². The minimum Gasteiger partial charge on any atom is -0.481 e. The average Bonchev–Trinajstić information content (AvgIpc) is 3.15. The highest BCUT2D eigenvalue weighted by molar-refractivity contribution is 5.96. The SMILES string of the molecule is COc1ccc(C(=O)N2CCN([C@H]3CCNC3)CC2)c(OC)n1. The molecule has 1 atom stereocenters. The lowest BCUT2D eigenvalue weighted by Crippen LogP contribution is -2.52. The molecule has 0 saturated carbocycles. The maximum Gasteiger partial charge on any atom is 0.259 e. The van der Waals surface area contributed by atoms with Crippen LogP contribution in [0.25, 0.3) is 0 Å². The van der Waals surface area contributed by atoms with E-state index in [1.165, 1.54) is 13.5 Å². The van der Waals surface area contributed by atoms with E-state index in [4.69, 9.17) is 9.47 Å². The summed E-state index contributed by atoms with van der Waals surface area (Å²) >= 11 is 0. The van der Waals surface area contributed by atoms with E-state index in [2.05, 4.69) is 15.2 Å². The molecule has 1 aromatic heterocycles. The Kier molecular flexibility index (Phi) is 4.97. The van der Waals surface area contributed by atoms with E-state index in [-0.39, 0.29) is 5.91 Å². The van der Waals surface area contributed by atoms with Crippen molar-refractivity contribution in [3.8, 4) is 11.8 Å². The fraction of sp³-hybridized carbons (Fsp3) is 0.625. The molecular formula is C16H24N4O3. The summed E-state index contributed by atoms with van der Waals surface area (Å²) in [5, 5.41) is 3.40. The molecule has 0 aromatic carbocycles. The number of carbonyl (C=O) groups is 1. The van der Waals surface area contributed by atoms with E-state index in [1.54, 1.807) is 19.2 Å². The predicted octanol–water partition coefficient (Wildman–Crippen LogP) is 0.219. The topological polar surface area (TPSA) is 66.9 Å². The molecular weight excluding hydrogens is 296 g/mol. The van der Waals surface area contributed by atoms with Crippen molar-refractivity contribution in [1.29, 1.82) is 0 Å². The van der Waals surface area contributed by atoms with Gasteiger partial charge in [0, 0.05) is 44.8 Å². The molecule has 1 aromatic rings. The fourth-order valence-electron chi connectivity index (χ4n) is 3.27. The van der Waals surface area contributed by atoms with E-state index in [0.29, 0.717) is 23.4 Å². The lowest BCUT2D eigenvalue weighted by Gasteiger charge is -2.37. The Morgan fingerprint density at radius 2 is 2.00 bits per heavy atom. The molecule has 7 nitrogen and oxygen atoms in total. The number of amides is 1. The number of ether oxygens (including phenoxy) is 2. The molecule has 0 aliphatic carbocycles. The van der Waals surface area contributed by atoms with Crippen LogP contribution in [0.1, 0.15) is 16.8 Å². The minimum atomic E-state index is -0.0267. The molecule has 3 heterocycles. The maximum absolute atomic E-state index is 12.7. The van der Waals surface area contributed by atoms with Crippen LogP contribution in [0.4, 0.5) is 0 Å². The normalized spacial score (nSPS) is 22.2. The second kappa shape index (κ2) is 7.14. The maximum atomic E-state index is 12.7. The zero-order chi connectivity index (χ0) is 16.2. The number of hydrogen-bond acceptors (Lipinski definition) is 6. The molecule has 1 N–H and O–H groups in total. The summed E-state index contributed by atoms with van der Waals surface area (Å²) in [5.41, 5.74) is 0.490. The summed E-state index contributed by atoms with van der Waals surface area (Å²) in [6.07, 6.45) is 1.20. The van der Waals surface area contributed by atoms with Gasteiger partial charge in [-0.3, -0.25) is 9.69 Å². The Bertz CT molecular complexity index is 552. The van der Waals surface area contributed by atoms with Gasteiger partial charge in [-0.05, 0) is 19.0 Å². The number of rotatable bonds is 4. The molecule has 1 amide bonds. The lowest BCUT2D eigenvalue weighted by molar-refractivity contribution is 0.0580. The van der Waals surface area contributed by atoms with Crippen molar-refractivity contribution in [2.75, 3.05) is 53.5 Å². The summed E-state index contributed by atoms with van der Waals surface area (Å²) in [7, 11) is 3.06. The van der Waals surface area contributed by atoms with Gasteiger partial charge in [0.05, 0.1) is 14.2 Å². The highest BCUT2D eigenvalue weighted by atomic mass is 16.5. The van der Waals surface area contributed by atoms with Crippen LogP contribution in [0.15, 0.2) is 12.1 Å². The third kappa shape index (κ3) is 3.40. The Morgan fingerprint density at radius 1 is 1.22 bits per heavy atom. The van der Waals surface area contributed by atoms with Crippen LogP contribution in [0.3, 0.4) is 0 Å². The Balaban J connectivity index is 1.65. The zero-order valence-corrected chi connectivity index (χ0v) is 13.7. The molecule has 2 aliphatic heterocycles. The smallest absolute Gasteiger partial charge is 0.259 e. The number of methoxy groups -OCH3 is 2. The van der Waals surface area contributed by atoms with Crippen molar-refractivity contribution in [3.63, 3.8) is 0 Å². The van der Waals surface area contributed by atoms with E-state index < -0.39 is 0 Å². The minimum absolute atomic E-state index is 0.0267. The van der Waals surface area contributed by atoms with Gasteiger partial charge in [0.1, 0.15) is 5.56 Å². The first kappa shape index (κ1) is 16.0. The van der Waals surface area contributed by atoms with Crippen LogP contribution in [0.5, 0.6) is 11.8 Å². The molecule has 2 saturated heterocycles. The van der Waals surface area contributed by atoms with Gasteiger partial charge in [-0.1, -0.05) is 0 Å². The van der Waals surface area contributed by atoms with E-state index in [9.17, 15) is 4.79 Å². The number of aromatic nitrogens is 1. The van der Waals surface area contributed by atoms with Gasteiger partial charge >= 0.3 is 0 Å². The van der Waals surface area contributed by atoms with Crippen molar-refractivity contribution in [2.45, 2.75) is 12.5 Å². The van der Waals surface area contributed by atoms with Crippen LogP contribution in [0, 0.1) is 0 Å². The van der Waals surface area contributed by atoms with Crippen LogP contribution < -0.4 is 14.8 Å². The fourth-order valence-corrected chi connectivity index (χ4v) is 3.27. The first-order valence-electron chi connectivity index (χ1n) is 8.06. The summed E-state index contributed by atoms with van der Waals surface area (Å²) < 4.78 is 10.3. The molecule has 7 heteroatoms. The molecule has 0 unspecified atom stereocenters. The van der Waals surface area contributed by atoms with Gasteiger partial charge in [-0.25, -0.2) is 0 Å². The zero-order valence-electron chi connectivity index (χ0n) is 13.7. The number of pyridine rings is 1. The van der Waals surface area contributed by atoms with Crippen LogP contribution in [0.2, 0.25) is 0 Å². The molecule has 0 spiro atoms. The van der Waals surface area contributed by atoms with Crippen molar-refractivity contribution in [3.05, 3.63) is 17.7 Å². The van der Waals surface area contributed by atoms with Crippen LogP contribution in [-0.2, 0) is 0 Å². The van der Waals surface area contributed by atoms with E-state index in [1.807, 2.05) is 4.90 Å². The third-order valence-electron chi connectivity index (χ3n) is 4.62. The number of nitrogens with one attached hydrogen (secondary N) is 1. The van der Waals surface area contributed by atoms with Gasteiger partial charge in [-0.2, -0.15) is 4.98 Å². The highest BCUT2D eigenvalue weighted by Crippen LogP contribution is 2.22. The summed E-state index contributed by atoms with van der Waals surface area (Å²) in [4.78, 5) is 21.3. The second-order valence-corrected chi connectivity index (χ2v) is 5.89. The Labute approximate surface area is 136 Å². The summed E-state index contributed by atoms with van der Waals surface area (Å²) in [5.74, 6) is 0.731. The first-order valence-corrected chi connectivity index (χ1v) is 8.06. The van der Waals surface area contributed by atoms with Crippen molar-refractivity contribution >= 4 is 5.91 Å². The number of nitrogens with zero attached hydrogens (tertiary/aromatic N) is 3. The lowest BCUT2D eigenvalue weighted by atomic mass is 10.1. The van der Waals surface area contributed by atoms with Crippen molar-refractivity contribution in [1.82, 2.24) is 20.1 Å². The first-order chi connectivity index (χ1) is 11.2. The molecule has 23 heavy (non-hydrogen) atoms. The van der Waals surface area contributed by atoms with E-state index >= 15 is 0 Å². The molecule has 2 aliphatic rings. The Hall–Kier alpha value is -1.86. The average molecular weight is 320 g/mol. The van der Waals surface area contributed by atoms with E-state index in [0.717, 1.165) is 39.3 Å². The third-order valence-corrected chi connectivity index (χ3v) is 4.62. The standard InChI is InChI=1S/C16H24N4O3/c1-22-14-4-3-13(15(18-14)23-2)16(21)20-9-7-19(8-10-20)12-5-6-17-11-12/h3-4,12,17H,5-11H2,1-2H3/t12-/m0/s1. The van der Waals surface area contributed by atoms with Gasteiger partial charge in [0.25, 0.3) is 5.91 Å². The molecule has 0 radical (unpaired) electrons. The molecule has 126 valence electrons. The largest absolute Gasteiger partial charge is 0.481 e.